The van der Waals surface area contributed by atoms with Crippen LogP contribution in [0, 0.1) is 0 Å². The van der Waals surface area contributed by atoms with E-state index in [1.807, 2.05) is 30.3 Å². The number of carbonyl (C=O) groups is 2. The van der Waals surface area contributed by atoms with Crippen LogP contribution in [0.15, 0.2) is 54.6 Å². The van der Waals surface area contributed by atoms with Gasteiger partial charge in [0.15, 0.2) is 0 Å². The van der Waals surface area contributed by atoms with Crippen molar-refractivity contribution in [2.45, 2.75) is 5.06 Å². The molecule has 2 aromatic rings. The van der Waals surface area contributed by atoms with Crippen molar-refractivity contribution in [3.8, 4) is 11.1 Å². The molecule has 1 saturated heterocycles. The maximum Gasteiger partial charge on any atom is 0.518 e. The lowest BCUT2D eigenvalue weighted by atomic mass is 10.0. The quantitative estimate of drug-likeness (QED) is 0.482. The van der Waals surface area contributed by atoms with Crippen molar-refractivity contribution in [1.82, 2.24) is 0 Å². The Morgan fingerprint density at radius 2 is 1.45 bits per heavy atom. The van der Waals surface area contributed by atoms with Crippen LogP contribution < -0.4 is 0 Å². The highest BCUT2D eigenvalue weighted by molar-refractivity contribution is 6.34. The summed E-state index contributed by atoms with van der Waals surface area (Å²) in [5, 5.41) is -1.88. The Morgan fingerprint density at radius 1 is 0.850 bits per heavy atom. The van der Waals surface area contributed by atoms with Crippen LogP contribution in [0.3, 0.4) is 0 Å². The lowest BCUT2D eigenvalue weighted by Crippen LogP contribution is -2.26. The van der Waals surface area contributed by atoms with Crippen LogP contribution >= 0.6 is 11.6 Å². The van der Waals surface area contributed by atoms with Crippen molar-refractivity contribution >= 4 is 23.7 Å². The zero-order valence-electron chi connectivity index (χ0n) is 10.2. The molecule has 0 radical (unpaired) electrons. The molecular formula is C15H9ClO4. The Morgan fingerprint density at radius 3 is 2.00 bits per heavy atom. The van der Waals surface area contributed by atoms with Gasteiger partial charge in [0.05, 0.1) is 0 Å². The minimum atomic E-state index is -1.88. The van der Waals surface area contributed by atoms with Gasteiger partial charge in [0.1, 0.15) is 0 Å². The van der Waals surface area contributed by atoms with E-state index < -0.39 is 17.2 Å². The van der Waals surface area contributed by atoms with Gasteiger partial charge in [-0.2, -0.15) is 0 Å². The molecule has 1 aliphatic rings. The molecule has 1 heterocycles. The molecule has 0 spiro atoms. The highest BCUT2D eigenvalue weighted by Gasteiger charge is 2.52. The van der Waals surface area contributed by atoms with Crippen molar-refractivity contribution in [3.05, 3.63) is 60.2 Å². The van der Waals surface area contributed by atoms with E-state index in [1.165, 1.54) is 0 Å². The average Bonchev–Trinajstić information content (AvgIpc) is 2.74. The van der Waals surface area contributed by atoms with Gasteiger partial charge in [0, 0.05) is 5.56 Å². The summed E-state index contributed by atoms with van der Waals surface area (Å²) in [7, 11) is 0. The number of carbonyl (C=O) groups excluding carboxylic acids is 2. The number of alkyl halides is 1. The van der Waals surface area contributed by atoms with Crippen LogP contribution in [0.2, 0.25) is 0 Å². The average molecular weight is 289 g/mol. The molecule has 5 heteroatoms. The summed E-state index contributed by atoms with van der Waals surface area (Å²) in [6.45, 7) is 0. The van der Waals surface area contributed by atoms with E-state index in [9.17, 15) is 9.59 Å². The second kappa shape index (κ2) is 4.65. The molecule has 0 bridgehead atoms. The molecule has 0 saturated carbocycles. The summed E-state index contributed by atoms with van der Waals surface area (Å²) in [5.74, 6) is -0.920. The van der Waals surface area contributed by atoms with Crippen LogP contribution in [0.1, 0.15) is 5.56 Å². The first kappa shape index (κ1) is 12.7. The highest BCUT2D eigenvalue weighted by Crippen LogP contribution is 2.37. The van der Waals surface area contributed by atoms with Gasteiger partial charge in [-0.3, -0.25) is 0 Å². The highest BCUT2D eigenvalue weighted by atomic mass is 35.5. The predicted octanol–water partition coefficient (Wildman–Crippen LogP) is 3.44. The largest absolute Gasteiger partial charge is 0.518 e. The molecule has 1 atom stereocenters. The van der Waals surface area contributed by atoms with Gasteiger partial charge in [-0.1, -0.05) is 66.2 Å². The monoisotopic (exact) mass is 288 g/mol. The van der Waals surface area contributed by atoms with E-state index in [0.29, 0.717) is 5.56 Å². The Hall–Kier alpha value is -2.33. The molecule has 2 aromatic carbocycles. The maximum atomic E-state index is 11.6. The van der Waals surface area contributed by atoms with Crippen molar-refractivity contribution in [1.29, 1.82) is 0 Å². The Labute approximate surface area is 119 Å². The number of benzene rings is 2. The second-order valence-electron chi connectivity index (χ2n) is 4.28. The van der Waals surface area contributed by atoms with E-state index in [2.05, 4.69) is 4.74 Å². The summed E-state index contributed by atoms with van der Waals surface area (Å²) >= 11 is 6.02. The van der Waals surface area contributed by atoms with E-state index in [1.54, 1.807) is 24.3 Å². The number of esters is 1. The van der Waals surface area contributed by atoms with E-state index in [0.717, 1.165) is 11.1 Å². The van der Waals surface area contributed by atoms with E-state index in [4.69, 9.17) is 16.3 Å². The van der Waals surface area contributed by atoms with E-state index >= 15 is 0 Å². The van der Waals surface area contributed by atoms with Gasteiger partial charge >= 0.3 is 17.2 Å². The molecule has 0 aromatic heterocycles. The van der Waals surface area contributed by atoms with E-state index in [-0.39, 0.29) is 0 Å². The third-order valence-corrected chi connectivity index (χ3v) is 3.48. The molecule has 0 N–H and O–H groups in total. The third kappa shape index (κ3) is 2.04. The number of hydrogen-bond acceptors (Lipinski definition) is 4. The topological polar surface area (TPSA) is 52.6 Å². The fourth-order valence-corrected chi connectivity index (χ4v) is 2.23. The third-order valence-electron chi connectivity index (χ3n) is 3.03. The molecule has 0 aliphatic carbocycles. The molecule has 3 rings (SSSR count). The molecule has 0 amide bonds. The molecule has 1 aliphatic heterocycles. The van der Waals surface area contributed by atoms with Crippen LogP contribution in [-0.2, 0) is 19.3 Å². The molecular weight excluding hydrogens is 280 g/mol. The smallest absolute Gasteiger partial charge is 0.395 e. The van der Waals surface area contributed by atoms with Gasteiger partial charge in [-0.05, 0) is 11.1 Å². The summed E-state index contributed by atoms with van der Waals surface area (Å²) < 4.78 is 9.06. The summed E-state index contributed by atoms with van der Waals surface area (Å²) in [6, 6.07) is 16.6. The Kier molecular flexibility index (Phi) is 2.95. The number of ether oxygens (including phenoxy) is 2. The van der Waals surface area contributed by atoms with Crippen molar-refractivity contribution < 1.29 is 19.1 Å². The van der Waals surface area contributed by atoms with Crippen LogP contribution in [-0.4, -0.2) is 12.1 Å². The molecule has 1 fully saturated rings. The van der Waals surface area contributed by atoms with Gasteiger partial charge in [-0.25, -0.2) is 9.59 Å². The first-order valence-electron chi connectivity index (χ1n) is 5.90. The van der Waals surface area contributed by atoms with Crippen LogP contribution in [0.25, 0.3) is 11.1 Å². The summed E-state index contributed by atoms with van der Waals surface area (Å²) in [6.07, 6.45) is -1.09. The standard InChI is InChI=1S/C15H9ClO4/c16-15(13(17)19-14(18)20-15)12-8-6-11(7-9-12)10-4-2-1-3-5-10/h1-9H. The number of rotatable bonds is 2. The first-order chi connectivity index (χ1) is 9.59. The lowest BCUT2D eigenvalue weighted by molar-refractivity contribution is -0.139. The van der Waals surface area contributed by atoms with Crippen LogP contribution in [0.5, 0.6) is 0 Å². The first-order valence-corrected chi connectivity index (χ1v) is 6.27. The van der Waals surface area contributed by atoms with Crippen molar-refractivity contribution in [2.24, 2.45) is 0 Å². The number of cyclic esters (lactones) is 3. The van der Waals surface area contributed by atoms with Crippen LogP contribution in [0.4, 0.5) is 4.79 Å². The SMILES string of the molecule is O=C1OC(=O)C(Cl)(c2ccc(-c3ccccc3)cc2)O1. The molecule has 1 unspecified atom stereocenters. The predicted molar refractivity (Wildman–Crippen MR) is 72.0 cm³/mol. The lowest BCUT2D eigenvalue weighted by Gasteiger charge is -2.15. The Balaban J connectivity index is 1.94. The molecule has 20 heavy (non-hydrogen) atoms. The van der Waals surface area contributed by atoms with Crippen molar-refractivity contribution in [2.75, 3.05) is 0 Å². The minimum Gasteiger partial charge on any atom is -0.395 e. The summed E-state index contributed by atoms with van der Waals surface area (Å²) in [5.41, 5.74) is 2.36. The fourth-order valence-electron chi connectivity index (χ4n) is 2.00. The van der Waals surface area contributed by atoms with Gasteiger partial charge in [0.2, 0.25) is 0 Å². The van der Waals surface area contributed by atoms with Gasteiger partial charge in [-0.15, -0.1) is 0 Å². The number of hydrogen-bond donors (Lipinski definition) is 0. The van der Waals surface area contributed by atoms with Gasteiger partial charge < -0.3 is 9.47 Å². The Bertz CT molecular complexity index is 666. The summed E-state index contributed by atoms with van der Waals surface area (Å²) in [4.78, 5) is 22.5. The normalized spacial score (nSPS) is 21.4. The van der Waals surface area contributed by atoms with Gasteiger partial charge in [0.25, 0.3) is 0 Å². The number of halogens is 1. The van der Waals surface area contributed by atoms with Crippen molar-refractivity contribution in [3.63, 3.8) is 0 Å². The minimum absolute atomic E-state index is 0.356. The second-order valence-corrected chi connectivity index (χ2v) is 4.81. The zero-order valence-corrected chi connectivity index (χ0v) is 11.0. The molecule has 100 valence electrons. The maximum absolute atomic E-state index is 11.6. The molecule has 4 nitrogen and oxygen atoms in total. The zero-order chi connectivity index (χ0) is 14.2. The fraction of sp³-hybridized carbons (Fsp3) is 0.0667.